The summed E-state index contributed by atoms with van der Waals surface area (Å²) >= 11 is 0. The third-order valence-electron chi connectivity index (χ3n) is 4.86. The summed E-state index contributed by atoms with van der Waals surface area (Å²) in [6.07, 6.45) is 6.20. The fourth-order valence-corrected chi connectivity index (χ4v) is 3.69. The topological polar surface area (TPSA) is 52.7 Å². The predicted molar refractivity (Wildman–Crippen MR) is 76.1 cm³/mol. The molecule has 0 spiro atoms. The maximum Gasteiger partial charge on any atom is 0.239 e. The van der Waals surface area contributed by atoms with Gasteiger partial charge in [0.15, 0.2) is 0 Å². The Kier molecular flexibility index (Phi) is 4.24. The van der Waals surface area contributed by atoms with Crippen molar-refractivity contribution in [1.29, 1.82) is 0 Å². The van der Waals surface area contributed by atoms with Gasteiger partial charge in [-0.2, -0.15) is 0 Å². The smallest absolute Gasteiger partial charge is 0.239 e. The van der Waals surface area contributed by atoms with E-state index in [0.29, 0.717) is 6.54 Å². The van der Waals surface area contributed by atoms with Crippen LogP contribution in [-0.2, 0) is 9.59 Å². The zero-order valence-electron chi connectivity index (χ0n) is 12.1. The van der Waals surface area contributed by atoms with Crippen molar-refractivity contribution in [3.05, 3.63) is 0 Å². The first-order valence-corrected chi connectivity index (χ1v) is 8.06. The average molecular weight is 279 g/mol. The van der Waals surface area contributed by atoms with Crippen LogP contribution in [0.5, 0.6) is 0 Å². The van der Waals surface area contributed by atoms with Crippen LogP contribution in [-0.4, -0.2) is 60.4 Å². The van der Waals surface area contributed by atoms with E-state index in [-0.39, 0.29) is 23.8 Å². The molecule has 5 nitrogen and oxygen atoms in total. The first kappa shape index (κ1) is 13.9. The number of carbonyl (C=O) groups excluding carboxylic acids is 2. The highest BCUT2D eigenvalue weighted by Crippen LogP contribution is 2.22. The number of nitrogens with zero attached hydrogens (tertiary/aromatic N) is 2. The lowest BCUT2D eigenvalue weighted by Gasteiger charge is -2.35. The van der Waals surface area contributed by atoms with Crippen molar-refractivity contribution in [2.75, 3.05) is 32.7 Å². The molecule has 112 valence electrons. The van der Waals surface area contributed by atoms with E-state index in [9.17, 15) is 9.59 Å². The van der Waals surface area contributed by atoms with Gasteiger partial charge in [0.25, 0.3) is 0 Å². The lowest BCUT2D eigenvalue weighted by atomic mass is 9.96. The molecule has 0 radical (unpaired) electrons. The quantitative estimate of drug-likeness (QED) is 0.805. The maximum absolute atomic E-state index is 12.5. The van der Waals surface area contributed by atoms with Crippen LogP contribution in [0.1, 0.15) is 38.5 Å². The Morgan fingerprint density at radius 2 is 1.60 bits per heavy atom. The maximum atomic E-state index is 12.5. The molecular formula is C15H25N3O2. The normalized spacial score (nSPS) is 30.8. The Balaban J connectivity index is 1.58. The van der Waals surface area contributed by atoms with Crippen LogP contribution in [0, 0.1) is 5.92 Å². The molecule has 0 aromatic carbocycles. The highest BCUT2D eigenvalue weighted by atomic mass is 16.2. The summed E-state index contributed by atoms with van der Waals surface area (Å²) in [5.41, 5.74) is 0. The second kappa shape index (κ2) is 6.12. The van der Waals surface area contributed by atoms with Crippen LogP contribution in [0.4, 0.5) is 0 Å². The minimum atomic E-state index is -0.00404. The highest BCUT2D eigenvalue weighted by molar-refractivity contribution is 5.84. The van der Waals surface area contributed by atoms with Gasteiger partial charge >= 0.3 is 0 Å². The molecule has 2 atom stereocenters. The Morgan fingerprint density at radius 1 is 0.850 bits per heavy atom. The molecule has 3 saturated heterocycles. The van der Waals surface area contributed by atoms with Crippen molar-refractivity contribution in [1.82, 2.24) is 15.1 Å². The molecule has 3 aliphatic rings. The first-order valence-electron chi connectivity index (χ1n) is 8.06. The van der Waals surface area contributed by atoms with E-state index in [2.05, 4.69) is 5.32 Å². The minimum Gasteiger partial charge on any atom is -0.342 e. The highest BCUT2D eigenvalue weighted by Gasteiger charge is 2.34. The van der Waals surface area contributed by atoms with Crippen molar-refractivity contribution < 1.29 is 9.59 Å². The second-order valence-corrected chi connectivity index (χ2v) is 6.30. The molecule has 5 heteroatoms. The molecule has 0 aromatic rings. The molecule has 3 heterocycles. The zero-order valence-corrected chi connectivity index (χ0v) is 12.1. The summed E-state index contributed by atoms with van der Waals surface area (Å²) < 4.78 is 0. The summed E-state index contributed by atoms with van der Waals surface area (Å²) in [6.45, 7) is 4.22. The van der Waals surface area contributed by atoms with Crippen LogP contribution < -0.4 is 5.32 Å². The number of amides is 2. The second-order valence-electron chi connectivity index (χ2n) is 6.30. The zero-order chi connectivity index (χ0) is 13.9. The van der Waals surface area contributed by atoms with Crippen molar-refractivity contribution in [2.24, 2.45) is 5.92 Å². The Bertz CT molecular complexity index is 339. The van der Waals surface area contributed by atoms with Gasteiger partial charge in [0.2, 0.25) is 11.8 Å². The van der Waals surface area contributed by atoms with Crippen molar-refractivity contribution in [2.45, 2.75) is 44.6 Å². The number of rotatable bonds is 2. The summed E-state index contributed by atoms with van der Waals surface area (Å²) in [6, 6.07) is -0.00404. The van der Waals surface area contributed by atoms with Crippen LogP contribution in [0.25, 0.3) is 0 Å². The van der Waals surface area contributed by atoms with Crippen LogP contribution in [0.3, 0.4) is 0 Å². The third-order valence-corrected chi connectivity index (χ3v) is 4.86. The molecular weight excluding hydrogens is 254 g/mol. The monoisotopic (exact) mass is 279 g/mol. The van der Waals surface area contributed by atoms with E-state index in [1.807, 2.05) is 9.80 Å². The van der Waals surface area contributed by atoms with Gasteiger partial charge in [-0.3, -0.25) is 9.59 Å². The largest absolute Gasteiger partial charge is 0.342 e. The summed E-state index contributed by atoms with van der Waals surface area (Å²) in [4.78, 5) is 28.8. The fourth-order valence-electron chi connectivity index (χ4n) is 3.69. The first-order chi connectivity index (χ1) is 9.75. The number of nitrogens with one attached hydrogen (secondary N) is 1. The molecule has 20 heavy (non-hydrogen) atoms. The Morgan fingerprint density at radius 3 is 2.30 bits per heavy atom. The lowest BCUT2D eigenvalue weighted by Crippen LogP contribution is -2.50. The van der Waals surface area contributed by atoms with Crippen molar-refractivity contribution in [3.63, 3.8) is 0 Å². The standard InChI is InChI=1S/C15H25N3O2/c19-14(17-8-1-2-9-17)12-5-4-10-18(11-12)15(20)13-6-3-7-16-13/h12-13,16H,1-11H2. The molecule has 0 bridgehead atoms. The molecule has 2 unspecified atom stereocenters. The number of piperidine rings is 1. The summed E-state index contributed by atoms with van der Waals surface area (Å²) in [5, 5.41) is 3.27. The van der Waals surface area contributed by atoms with Crippen molar-refractivity contribution in [3.8, 4) is 0 Å². The SMILES string of the molecule is O=C(C1CCCN(C(=O)C2CCCN2)C1)N1CCCC1. The van der Waals surface area contributed by atoms with Crippen LogP contribution in [0.2, 0.25) is 0 Å². The molecule has 3 fully saturated rings. The molecule has 0 aromatic heterocycles. The minimum absolute atomic E-state index is 0.00404. The van der Waals surface area contributed by atoms with Gasteiger partial charge < -0.3 is 15.1 Å². The Labute approximate surface area is 120 Å². The van der Waals surface area contributed by atoms with E-state index in [4.69, 9.17) is 0 Å². The van der Waals surface area contributed by atoms with Crippen LogP contribution in [0.15, 0.2) is 0 Å². The van der Waals surface area contributed by atoms with Crippen LogP contribution >= 0.6 is 0 Å². The van der Waals surface area contributed by atoms with Gasteiger partial charge in [0.1, 0.15) is 0 Å². The van der Waals surface area contributed by atoms with E-state index in [1.54, 1.807) is 0 Å². The molecule has 2 amide bonds. The molecule has 3 rings (SSSR count). The van der Waals surface area contributed by atoms with Gasteiger partial charge in [-0.05, 0) is 45.1 Å². The third kappa shape index (κ3) is 2.82. The molecule has 1 N–H and O–H groups in total. The van der Waals surface area contributed by atoms with E-state index >= 15 is 0 Å². The van der Waals surface area contributed by atoms with Gasteiger partial charge in [-0.1, -0.05) is 0 Å². The van der Waals surface area contributed by atoms with Gasteiger partial charge in [0.05, 0.1) is 12.0 Å². The van der Waals surface area contributed by atoms with E-state index in [0.717, 1.165) is 64.7 Å². The predicted octanol–water partition coefficient (Wildman–Crippen LogP) is 0.599. The Hall–Kier alpha value is -1.10. The average Bonchev–Trinajstić information content (AvgIpc) is 3.18. The molecule has 0 saturated carbocycles. The number of hydrogen-bond donors (Lipinski definition) is 1. The summed E-state index contributed by atoms with van der Waals surface area (Å²) in [7, 11) is 0. The van der Waals surface area contributed by atoms with E-state index < -0.39 is 0 Å². The number of carbonyl (C=O) groups is 2. The van der Waals surface area contributed by atoms with E-state index in [1.165, 1.54) is 0 Å². The van der Waals surface area contributed by atoms with Crippen molar-refractivity contribution >= 4 is 11.8 Å². The lowest BCUT2D eigenvalue weighted by molar-refractivity contribution is -0.141. The molecule has 3 aliphatic heterocycles. The molecule has 0 aliphatic carbocycles. The number of hydrogen-bond acceptors (Lipinski definition) is 3. The summed E-state index contributed by atoms with van der Waals surface area (Å²) in [5.74, 6) is 0.521. The van der Waals surface area contributed by atoms with Gasteiger partial charge in [-0.25, -0.2) is 0 Å². The van der Waals surface area contributed by atoms with Gasteiger partial charge in [-0.15, -0.1) is 0 Å². The van der Waals surface area contributed by atoms with Gasteiger partial charge in [0, 0.05) is 26.2 Å². The fraction of sp³-hybridized carbons (Fsp3) is 0.867. The number of likely N-dealkylation sites (tertiary alicyclic amines) is 2.